The first-order chi connectivity index (χ1) is 9.50. The van der Waals surface area contributed by atoms with E-state index in [9.17, 15) is 0 Å². The first-order valence-electron chi connectivity index (χ1n) is 8.16. The predicted molar refractivity (Wildman–Crippen MR) is 88.5 cm³/mol. The Morgan fingerprint density at radius 2 is 2.05 bits per heavy atom. The van der Waals surface area contributed by atoms with Gasteiger partial charge in [0.2, 0.25) is 0 Å². The van der Waals surface area contributed by atoms with E-state index in [-0.39, 0.29) is 5.41 Å². The zero-order valence-corrected chi connectivity index (χ0v) is 14.4. The maximum absolute atomic E-state index is 4.87. The van der Waals surface area contributed by atoms with Crippen LogP contribution in [-0.2, 0) is 11.8 Å². The molecule has 1 aromatic rings. The Kier molecular flexibility index (Phi) is 5.62. The molecule has 0 spiro atoms. The van der Waals surface area contributed by atoms with Gasteiger partial charge < -0.3 is 5.32 Å². The van der Waals surface area contributed by atoms with Gasteiger partial charge in [-0.25, -0.2) is 4.98 Å². The van der Waals surface area contributed by atoms with E-state index < -0.39 is 0 Å². The summed E-state index contributed by atoms with van der Waals surface area (Å²) in [6.07, 6.45) is 6.63. The molecule has 0 aromatic carbocycles. The lowest BCUT2D eigenvalue weighted by Gasteiger charge is -2.19. The van der Waals surface area contributed by atoms with Crippen LogP contribution in [0.4, 0.5) is 0 Å². The third-order valence-electron chi connectivity index (χ3n) is 4.41. The Hall–Kier alpha value is -0.410. The Morgan fingerprint density at radius 3 is 2.70 bits per heavy atom. The van der Waals surface area contributed by atoms with Crippen LogP contribution < -0.4 is 5.32 Å². The van der Waals surface area contributed by atoms with Crippen LogP contribution in [0.1, 0.15) is 64.1 Å². The highest BCUT2D eigenvalue weighted by molar-refractivity contribution is 7.09. The molecule has 1 aliphatic carbocycles. The number of thiazole rings is 1. The van der Waals surface area contributed by atoms with Crippen molar-refractivity contribution < 1.29 is 0 Å². The number of nitrogens with zero attached hydrogens (tertiary/aromatic N) is 1. The first kappa shape index (κ1) is 16.0. The second-order valence-corrected chi connectivity index (χ2v) is 8.18. The number of hydrogen-bond donors (Lipinski definition) is 1. The van der Waals surface area contributed by atoms with E-state index in [2.05, 4.69) is 38.4 Å². The number of hydrogen-bond acceptors (Lipinski definition) is 3. The van der Waals surface area contributed by atoms with Crippen LogP contribution in [0.2, 0.25) is 0 Å². The maximum Gasteiger partial charge on any atom is 0.0931 e. The SMILES string of the molecule is CCCNCC1CCCC1Cc1nc(C(C)(C)C)cs1. The highest BCUT2D eigenvalue weighted by Crippen LogP contribution is 2.35. The summed E-state index contributed by atoms with van der Waals surface area (Å²) in [6, 6.07) is 0. The molecule has 3 heteroatoms. The van der Waals surface area contributed by atoms with Gasteiger partial charge in [0.15, 0.2) is 0 Å². The van der Waals surface area contributed by atoms with Gasteiger partial charge in [-0.1, -0.05) is 34.1 Å². The summed E-state index contributed by atoms with van der Waals surface area (Å²) >= 11 is 1.86. The lowest BCUT2D eigenvalue weighted by Crippen LogP contribution is -2.26. The summed E-state index contributed by atoms with van der Waals surface area (Å²) in [5.41, 5.74) is 1.45. The van der Waals surface area contributed by atoms with E-state index in [1.807, 2.05) is 11.3 Å². The molecule has 114 valence electrons. The summed E-state index contributed by atoms with van der Waals surface area (Å²) in [5, 5.41) is 7.21. The maximum atomic E-state index is 4.87. The van der Waals surface area contributed by atoms with E-state index in [1.54, 1.807) is 0 Å². The molecule has 1 fully saturated rings. The van der Waals surface area contributed by atoms with Crippen LogP contribution in [0, 0.1) is 11.8 Å². The summed E-state index contributed by atoms with van der Waals surface area (Å²) < 4.78 is 0. The van der Waals surface area contributed by atoms with Crippen molar-refractivity contribution in [3.63, 3.8) is 0 Å². The van der Waals surface area contributed by atoms with Gasteiger partial charge in [-0.05, 0) is 44.2 Å². The number of rotatable bonds is 6. The fourth-order valence-corrected chi connectivity index (χ4v) is 4.20. The molecule has 0 saturated heterocycles. The van der Waals surface area contributed by atoms with E-state index in [0.29, 0.717) is 0 Å². The highest BCUT2D eigenvalue weighted by atomic mass is 32.1. The minimum Gasteiger partial charge on any atom is -0.316 e. The molecule has 2 nitrogen and oxygen atoms in total. The molecule has 0 radical (unpaired) electrons. The van der Waals surface area contributed by atoms with Crippen LogP contribution in [0.5, 0.6) is 0 Å². The van der Waals surface area contributed by atoms with Gasteiger partial charge in [-0.15, -0.1) is 11.3 Å². The van der Waals surface area contributed by atoms with Gasteiger partial charge >= 0.3 is 0 Å². The van der Waals surface area contributed by atoms with Crippen molar-refractivity contribution >= 4 is 11.3 Å². The van der Waals surface area contributed by atoms with Crippen molar-refractivity contribution in [1.29, 1.82) is 0 Å². The molecule has 1 heterocycles. The van der Waals surface area contributed by atoms with Crippen LogP contribution in [0.3, 0.4) is 0 Å². The Balaban J connectivity index is 1.90. The minimum absolute atomic E-state index is 0.187. The second-order valence-electron chi connectivity index (χ2n) is 7.24. The number of aromatic nitrogens is 1. The quantitative estimate of drug-likeness (QED) is 0.787. The Labute approximate surface area is 128 Å². The first-order valence-corrected chi connectivity index (χ1v) is 9.04. The summed E-state index contributed by atoms with van der Waals surface area (Å²) in [5.74, 6) is 1.71. The molecule has 0 amide bonds. The van der Waals surface area contributed by atoms with Crippen molar-refractivity contribution in [3.05, 3.63) is 16.1 Å². The van der Waals surface area contributed by atoms with E-state index in [0.717, 1.165) is 18.4 Å². The van der Waals surface area contributed by atoms with E-state index in [1.165, 1.54) is 49.4 Å². The Morgan fingerprint density at radius 1 is 1.30 bits per heavy atom. The van der Waals surface area contributed by atoms with Crippen molar-refractivity contribution in [3.8, 4) is 0 Å². The van der Waals surface area contributed by atoms with Crippen molar-refractivity contribution in [2.45, 2.75) is 65.2 Å². The molecule has 1 N–H and O–H groups in total. The van der Waals surface area contributed by atoms with E-state index >= 15 is 0 Å². The molecule has 2 unspecified atom stereocenters. The van der Waals surface area contributed by atoms with Gasteiger partial charge in [0.05, 0.1) is 10.7 Å². The van der Waals surface area contributed by atoms with Gasteiger partial charge in [0.25, 0.3) is 0 Å². The highest BCUT2D eigenvalue weighted by Gasteiger charge is 2.28. The van der Waals surface area contributed by atoms with Crippen LogP contribution in [0.25, 0.3) is 0 Å². The molecule has 0 bridgehead atoms. The molecule has 2 atom stereocenters. The molecule has 0 aliphatic heterocycles. The molecule has 20 heavy (non-hydrogen) atoms. The lowest BCUT2D eigenvalue weighted by atomic mass is 9.92. The molecule has 1 aliphatic rings. The molecular formula is C17H30N2S. The third-order valence-corrected chi connectivity index (χ3v) is 5.28. The smallest absolute Gasteiger partial charge is 0.0931 e. The largest absolute Gasteiger partial charge is 0.316 e. The number of nitrogens with one attached hydrogen (secondary N) is 1. The fourth-order valence-electron chi connectivity index (χ4n) is 3.09. The molecule has 1 aromatic heterocycles. The van der Waals surface area contributed by atoms with Gasteiger partial charge in [0.1, 0.15) is 0 Å². The minimum atomic E-state index is 0.187. The van der Waals surface area contributed by atoms with Crippen LogP contribution in [-0.4, -0.2) is 18.1 Å². The molecular weight excluding hydrogens is 264 g/mol. The third kappa shape index (κ3) is 4.29. The standard InChI is InChI=1S/C17H30N2S/c1-5-9-18-11-14-8-6-7-13(14)10-16-19-15(12-20-16)17(2,3)4/h12-14,18H,5-11H2,1-4H3. The summed E-state index contributed by atoms with van der Waals surface area (Å²) in [4.78, 5) is 4.87. The van der Waals surface area contributed by atoms with E-state index in [4.69, 9.17) is 4.98 Å². The normalized spacial score (nSPS) is 23.4. The van der Waals surface area contributed by atoms with Gasteiger partial charge in [-0.2, -0.15) is 0 Å². The van der Waals surface area contributed by atoms with Crippen LogP contribution >= 0.6 is 11.3 Å². The average Bonchev–Trinajstić information content (AvgIpc) is 2.99. The molecule has 1 saturated carbocycles. The lowest BCUT2D eigenvalue weighted by molar-refractivity contribution is 0.364. The topological polar surface area (TPSA) is 24.9 Å². The molecule has 2 rings (SSSR count). The van der Waals surface area contributed by atoms with Crippen molar-refractivity contribution in [2.24, 2.45) is 11.8 Å². The predicted octanol–water partition coefficient (Wildman–Crippen LogP) is 4.40. The van der Waals surface area contributed by atoms with Gasteiger partial charge in [-0.3, -0.25) is 0 Å². The van der Waals surface area contributed by atoms with Crippen LogP contribution in [0.15, 0.2) is 5.38 Å². The summed E-state index contributed by atoms with van der Waals surface area (Å²) in [6.45, 7) is 11.4. The van der Waals surface area contributed by atoms with Crippen molar-refractivity contribution in [1.82, 2.24) is 10.3 Å². The van der Waals surface area contributed by atoms with Gasteiger partial charge in [0, 0.05) is 17.2 Å². The summed E-state index contributed by atoms with van der Waals surface area (Å²) in [7, 11) is 0. The van der Waals surface area contributed by atoms with Crippen molar-refractivity contribution in [2.75, 3.05) is 13.1 Å². The zero-order chi connectivity index (χ0) is 14.6. The monoisotopic (exact) mass is 294 g/mol. The Bertz CT molecular complexity index is 405. The average molecular weight is 295 g/mol. The fraction of sp³-hybridized carbons (Fsp3) is 0.824. The zero-order valence-electron chi connectivity index (χ0n) is 13.5. The second kappa shape index (κ2) is 7.04.